The van der Waals surface area contributed by atoms with Gasteiger partial charge < -0.3 is 14.5 Å². The Balaban J connectivity index is 2.62. The quantitative estimate of drug-likeness (QED) is 0.725. The Morgan fingerprint density at radius 2 is 2.00 bits per heavy atom. The molecular formula is C14H26N2O4S. The van der Waals surface area contributed by atoms with Crippen LogP contribution in [-0.4, -0.2) is 34.2 Å². The lowest BCUT2D eigenvalue weighted by Crippen LogP contribution is -2.39. The molecule has 2 N–H and O–H groups in total. The standard InChI is InChI=1S/C14H26N2O4S/c1-11(2)8-15-9-12-6-7-13(20-12)21(17,18)16-10-14(3,4)19-5/h6-7,11,15-16H,8-10H2,1-5H3. The Morgan fingerprint density at radius 3 is 2.57 bits per heavy atom. The van der Waals surface area contributed by atoms with E-state index in [2.05, 4.69) is 23.9 Å². The number of furan rings is 1. The number of nitrogens with one attached hydrogen (secondary N) is 2. The Labute approximate surface area is 127 Å². The Morgan fingerprint density at radius 1 is 1.33 bits per heavy atom. The van der Waals surface area contributed by atoms with Crippen LogP contribution in [0.15, 0.2) is 21.6 Å². The molecule has 0 aliphatic rings. The van der Waals surface area contributed by atoms with Crippen LogP contribution in [0, 0.1) is 5.92 Å². The van der Waals surface area contributed by atoms with E-state index in [9.17, 15) is 8.42 Å². The van der Waals surface area contributed by atoms with E-state index in [0.717, 1.165) is 6.54 Å². The number of sulfonamides is 1. The topological polar surface area (TPSA) is 80.6 Å². The molecule has 0 aliphatic heterocycles. The summed E-state index contributed by atoms with van der Waals surface area (Å²) < 4.78 is 37.3. The molecular weight excluding hydrogens is 292 g/mol. The second kappa shape index (κ2) is 7.40. The van der Waals surface area contributed by atoms with Crippen molar-refractivity contribution >= 4 is 10.0 Å². The summed E-state index contributed by atoms with van der Waals surface area (Å²) in [5.74, 6) is 1.13. The van der Waals surface area contributed by atoms with Crippen molar-refractivity contribution in [2.75, 3.05) is 20.2 Å². The van der Waals surface area contributed by atoms with E-state index < -0.39 is 15.6 Å². The average molecular weight is 318 g/mol. The van der Waals surface area contributed by atoms with Crippen LogP contribution in [0.3, 0.4) is 0 Å². The molecule has 122 valence electrons. The lowest BCUT2D eigenvalue weighted by atomic mass is 10.1. The summed E-state index contributed by atoms with van der Waals surface area (Å²) in [5, 5.41) is 3.13. The zero-order chi connectivity index (χ0) is 16.1. The molecule has 6 nitrogen and oxygen atoms in total. The lowest BCUT2D eigenvalue weighted by molar-refractivity contribution is 0.0275. The van der Waals surface area contributed by atoms with Crippen LogP contribution in [-0.2, 0) is 21.3 Å². The third-order valence-corrected chi connectivity index (χ3v) is 4.27. The smallest absolute Gasteiger partial charge is 0.274 e. The maximum atomic E-state index is 12.1. The van der Waals surface area contributed by atoms with Gasteiger partial charge in [-0.05, 0) is 38.4 Å². The van der Waals surface area contributed by atoms with Crippen LogP contribution in [0.5, 0.6) is 0 Å². The zero-order valence-corrected chi connectivity index (χ0v) is 14.2. The second-order valence-electron chi connectivity index (χ2n) is 6.03. The van der Waals surface area contributed by atoms with Crippen molar-refractivity contribution in [3.05, 3.63) is 17.9 Å². The number of ether oxygens (including phenoxy) is 1. The second-order valence-corrected chi connectivity index (χ2v) is 7.73. The summed E-state index contributed by atoms with van der Waals surface area (Å²) in [6.45, 7) is 9.35. The van der Waals surface area contributed by atoms with Crippen molar-refractivity contribution in [3.63, 3.8) is 0 Å². The van der Waals surface area contributed by atoms with Crippen LogP contribution in [0.25, 0.3) is 0 Å². The first kappa shape index (κ1) is 18.2. The maximum absolute atomic E-state index is 12.1. The fourth-order valence-corrected chi connectivity index (χ4v) is 2.64. The van der Waals surface area contributed by atoms with Gasteiger partial charge in [0.15, 0.2) is 0 Å². The highest BCUT2D eigenvalue weighted by Gasteiger charge is 2.24. The molecule has 1 heterocycles. The van der Waals surface area contributed by atoms with Crippen molar-refractivity contribution in [1.29, 1.82) is 0 Å². The lowest BCUT2D eigenvalue weighted by Gasteiger charge is -2.22. The predicted molar refractivity (Wildman–Crippen MR) is 81.5 cm³/mol. The zero-order valence-electron chi connectivity index (χ0n) is 13.4. The summed E-state index contributed by atoms with van der Waals surface area (Å²) in [4.78, 5) is 0. The van der Waals surface area contributed by atoms with E-state index in [1.807, 2.05) is 0 Å². The molecule has 0 spiro atoms. The van der Waals surface area contributed by atoms with E-state index >= 15 is 0 Å². The fraction of sp³-hybridized carbons (Fsp3) is 0.714. The van der Waals surface area contributed by atoms with Gasteiger partial charge in [-0.2, -0.15) is 0 Å². The third-order valence-electron chi connectivity index (χ3n) is 2.99. The number of hydrogen-bond donors (Lipinski definition) is 2. The Bertz CT molecular complexity index is 535. The largest absolute Gasteiger partial charge is 0.447 e. The highest BCUT2D eigenvalue weighted by atomic mass is 32.2. The first-order valence-electron chi connectivity index (χ1n) is 7.00. The summed E-state index contributed by atoms with van der Waals surface area (Å²) >= 11 is 0. The highest BCUT2D eigenvalue weighted by molar-refractivity contribution is 7.89. The molecule has 7 heteroatoms. The van der Waals surface area contributed by atoms with Crippen molar-refractivity contribution < 1.29 is 17.6 Å². The molecule has 0 saturated heterocycles. The molecule has 1 rings (SSSR count). The average Bonchev–Trinajstić information content (AvgIpc) is 2.86. The summed E-state index contributed by atoms with van der Waals surface area (Å²) in [5.41, 5.74) is -0.568. The van der Waals surface area contributed by atoms with E-state index in [1.165, 1.54) is 6.07 Å². The summed E-state index contributed by atoms with van der Waals surface area (Å²) in [7, 11) is -2.11. The van der Waals surface area contributed by atoms with Gasteiger partial charge in [-0.15, -0.1) is 0 Å². The molecule has 0 atom stereocenters. The number of methoxy groups -OCH3 is 1. The van der Waals surface area contributed by atoms with Gasteiger partial charge in [-0.25, -0.2) is 13.1 Å². The predicted octanol–water partition coefficient (Wildman–Crippen LogP) is 1.73. The SMILES string of the molecule is COC(C)(C)CNS(=O)(=O)c1ccc(CNCC(C)C)o1. The van der Waals surface area contributed by atoms with Gasteiger partial charge in [0.1, 0.15) is 5.76 Å². The van der Waals surface area contributed by atoms with E-state index in [4.69, 9.17) is 9.15 Å². The van der Waals surface area contributed by atoms with Gasteiger partial charge in [-0.1, -0.05) is 13.8 Å². The van der Waals surface area contributed by atoms with Crippen LogP contribution >= 0.6 is 0 Å². The van der Waals surface area contributed by atoms with E-state index in [-0.39, 0.29) is 11.6 Å². The molecule has 1 aromatic rings. The summed E-state index contributed by atoms with van der Waals surface area (Å²) in [6.07, 6.45) is 0. The molecule has 1 aromatic heterocycles. The van der Waals surface area contributed by atoms with Gasteiger partial charge >= 0.3 is 0 Å². The molecule has 0 fully saturated rings. The molecule has 0 aliphatic carbocycles. The normalized spacial score (nSPS) is 13.0. The van der Waals surface area contributed by atoms with Gasteiger partial charge in [0, 0.05) is 13.7 Å². The van der Waals surface area contributed by atoms with Crippen LogP contribution in [0.4, 0.5) is 0 Å². The van der Waals surface area contributed by atoms with Crippen molar-refractivity contribution in [2.45, 2.75) is 44.9 Å². The van der Waals surface area contributed by atoms with Gasteiger partial charge in [0.2, 0.25) is 5.09 Å². The Hall–Kier alpha value is -0.890. The Kier molecular flexibility index (Phi) is 6.40. The van der Waals surface area contributed by atoms with E-state index in [0.29, 0.717) is 18.2 Å². The highest BCUT2D eigenvalue weighted by Crippen LogP contribution is 2.15. The molecule has 21 heavy (non-hydrogen) atoms. The van der Waals surface area contributed by atoms with Crippen LogP contribution < -0.4 is 10.0 Å². The molecule has 0 aromatic carbocycles. The first-order chi connectivity index (χ1) is 9.66. The first-order valence-corrected chi connectivity index (χ1v) is 8.49. The number of rotatable bonds is 9. The summed E-state index contributed by atoms with van der Waals surface area (Å²) in [6, 6.07) is 3.14. The molecule has 0 unspecified atom stereocenters. The van der Waals surface area contributed by atoms with Gasteiger partial charge in [0.05, 0.1) is 12.1 Å². The maximum Gasteiger partial charge on any atom is 0.274 e. The molecule has 0 radical (unpaired) electrons. The minimum absolute atomic E-state index is 0.0734. The fourth-order valence-electron chi connectivity index (χ4n) is 1.49. The third kappa shape index (κ3) is 6.17. The number of hydrogen-bond acceptors (Lipinski definition) is 5. The van der Waals surface area contributed by atoms with E-state index in [1.54, 1.807) is 27.0 Å². The molecule has 0 bridgehead atoms. The van der Waals surface area contributed by atoms with Crippen LogP contribution in [0.1, 0.15) is 33.5 Å². The minimum Gasteiger partial charge on any atom is -0.447 e. The van der Waals surface area contributed by atoms with Crippen molar-refractivity contribution in [1.82, 2.24) is 10.0 Å². The van der Waals surface area contributed by atoms with Crippen molar-refractivity contribution in [2.24, 2.45) is 5.92 Å². The molecule has 0 amide bonds. The van der Waals surface area contributed by atoms with Gasteiger partial charge in [-0.3, -0.25) is 0 Å². The van der Waals surface area contributed by atoms with Crippen molar-refractivity contribution in [3.8, 4) is 0 Å². The minimum atomic E-state index is -3.65. The van der Waals surface area contributed by atoms with Gasteiger partial charge in [0.25, 0.3) is 10.0 Å². The molecule has 0 saturated carbocycles. The van der Waals surface area contributed by atoms with Crippen LogP contribution in [0.2, 0.25) is 0 Å². The monoisotopic (exact) mass is 318 g/mol.